The maximum Gasteiger partial charge on any atom is 0.403 e. The molecule has 0 radical (unpaired) electrons. The SMILES string of the molecule is C[C@H]1COCCN1c1nc(-c2ccc(CO)nc2)nc(OC2CCC(C(=O)N(C)C)CC2)[nH+]1. The number of pyridine rings is 1. The minimum absolute atomic E-state index is 0.0138. The van der Waals surface area contributed by atoms with Crippen LogP contribution in [0.5, 0.6) is 6.01 Å². The number of rotatable bonds is 6. The third-order valence-corrected chi connectivity index (χ3v) is 6.27. The van der Waals surface area contributed by atoms with E-state index < -0.39 is 0 Å². The number of carbonyl (C=O) groups is 1. The Balaban J connectivity index is 1.56. The first-order valence-corrected chi connectivity index (χ1v) is 11.5. The molecule has 1 aliphatic heterocycles. The van der Waals surface area contributed by atoms with Crippen LogP contribution in [0.4, 0.5) is 5.95 Å². The Hall–Kier alpha value is -2.85. The molecule has 10 heteroatoms. The molecular formula is C23H33N6O4+. The first kappa shape index (κ1) is 23.3. The number of nitrogens with zero attached hydrogens (tertiary/aromatic N) is 5. The Bertz CT molecular complexity index is 946. The summed E-state index contributed by atoms with van der Waals surface area (Å²) in [5, 5.41) is 9.29. The maximum atomic E-state index is 12.3. The van der Waals surface area contributed by atoms with Gasteiger partial charge in [-0.15, -0.1) is 0 Å². The molecule has 1 saturated carbocycles. The molecule has 2 fully saturated rings. The monoisotopic (exact) mass is 457 g/mol. The Kier molecular flexibility index (Phi) is 7.34. The molecule has 33 heavy (non-hydrogen) atoms. The molecule has 2 N–H and O–H groups in total. The van der Waals surface area contributed by atoms with Crippen molar-refractivity contribution in [1.82, 2.24) is 19.9 Å². The second kappa shape index (κ2) is 10.4. The fraction of sp³-hybridized carbons (Fsp3) is 0.609. The van der Waals surface area contributed by atoms with Crippen molar-refractivity contribution in [3.8, 4) is 17.4 Å². The van der Waals surface area contributed by atoms with E-state index in [1.165, 1.54) is 0 Å². The lowest BCUT2D eigenvalue weighted by Crippen LogP contribution is -2.47. The van der Waals surface area contributed by atoms with Crippen LogP contribution < -0.4 is 14.6 Å². The zero-order valence-corrected chi connectivity index (χ0v) is 19.5. The van der Waals surface area contributed by atoms with Crippen molar-refractivity contribution < 1.29 is 24.4 Å². The second-order valence-electron chi connectivity index (χ2n) is 8.94. The third-order valence-electron chi connectivity index (χ3n) is 6.27. The predicted octanol–water partition coefficient (Wildman–Crippen LogP) is 1.10. The van der Waals surface area contributed by atoms with Crippen molar-refractivity contribution in [2.45, 2.75) is 51.4 Å². The largest absolute Gasteiger partial charge is 0.444 e. The molecule has 1 atom stereocenters. The predicted molar refractivity (Wildman–Crippen MR) is 120 cm³/mol. The number of ether oxygens (including phenoxy) is 2. The van der Waals surface area contributed by atoms with E-state index in [-0.39, 0.29) is 30.6 Å². The van der Waals surface area contributed by atoms with Crippen molar-refractivity contribution >= 4 is 11.9 Å². The summed E-state index contributed by atoms with van der Waals surface area (Å²) in [5.41, 5.74) is 1.33. The van der Waals surface area contributed by atoms with Gasteiger partial charge in [-0.25, -0.2) is 4.98 Å². The number of nitrogens with one attached hydrogen (secondary N) is 1. The van der Waals surface area contributed by atoms with Crippen molar-refractivity contribution in [3.63, 3.8) is 0 Å². The zero-order valence-electron chi connectivity index (χ0n) is 19.5. The Morgan fingerprint density at radius 1 is 1.27 bits per heavy atom. The van der Waals surface area contributed by atoms with Gasteiger partial charge < -0.3 is 19.5 Å². The normalized spacial score (nSPS) is 23.3. The van der Waals surface area contributed by atoms with Crippen LogP contribution in [0.3, 0.4) is 0 Å². The Morgan fingerprint density at radius 3 is 2.70 bits per heavy atom. The van der Waals surface area contributed by atoms with Crippen molar-refractivity contribution in [2.24, 2.45) is 5.92 Å². The molecule has 0 aromatic carbocycles. The highest BCUT2D eigenvalue weighted by Gasteiger charge is 2.32. The molecule has 4 rings (SSSR count). The van der Waals surface area contributed by atoms with Crippen LogP contribution in [-0.2, 0) is 16.1 Å². The van der Waals surface area contributed by atoms with Gasteiger partial charge >= 0.3 is 12.0 Å². The van der Waals surface area contributed by atoms with Crippen molar-refractivity contribution in [2.75, 3.05) is 38.8 Å². The van der Waals surface area contributed by atoms with Gasteiger partial charge in [-0.05, 0) is 44.7 Å². The van der Waals surface area contributed by atoms with Crippen molar-refractivity contribution in [3.05, 3.63) is 24.0 Å². The van der Waals surface area contributed by atoms with Crippen LogP contribution in [0.25, 0.3) is 11.4 Å². The van der Waals surface area contributed by atoms with E-state index in [0.29, 0.717) is 43.2 Å². The molecule has 2 aromatic heterocycles. The summed E-state index contributed by atoms with van der Waals surface area (Å²) >= 11 is 0. The van der Waals surface area contributed by atoms with Crippen LogP contribution in [0.2, 0.25) is 0 Å². The molecule has 3 heterocycles. The van der Waals surface area contributed by atoms with Gasteiger partial charge in [0.15, 0.2) is 0 Å². The summed E-state index contributed by atoms with van der Waals surface area (Å²) in [4.78, 5) is 33.0. The summed E-state index contributed by atoms with van der Waals surface area (Å²) in [6.07, 6.45) is 4.86. The molecule has 1 saturated heterocycles. The molecule has 0 spiro atoms. The van der Waals surface area contributed by atoms with Crippen LogP contribution in [0.15, 0.2) is 18.3 Å². The number of anilines is 1. The van der Waals surface area contributed by atoms with Gasteiger partial charge in [0.05, 0.1) is 43.7 Å². The number of hydrogen-bond acceptors (Lipinski definition) is 8. The summed E-state index contributed by atoms with van der Waals surface area (Å²) in [7, 11) is 3.61. The molecule has 0 unspecified atom stereocenters. The molecule has 178 valence electrons. The van der Waals surface area contributed by atoms with Gasteiger partial charge in [0.2, 0.25) is 5.91 Å². The number of amides is 1. The van der Waals surface area contributed by atoms with E-state index in [9.17, 15) is 9.90 Å². The van der Waals surface area contributed by atoms with Crippen LogP contribution in [0, 0.1) is 5.92 Å². The smallest absolute Gasteiger partial charge is 0.403 e. The third kappa shape index (κ3) is 5.56. The zero-order chi connectivity index (χ0) is 23.4. The average Bonchev–Trinajstić information content (AvgIpc) is 2.84. The number of aliphatic hydroxyl groups is 1. The first-order chi connectivity index (χ1) is 15.9. The topological polar surface area (TPSA) is 115 Å². The van der Waals surface area contributed by atoms with Crippen LogP contribution in [0.1, 0.15) is 38.3 Å². The van der Waals surface area contributed by atoms with E-state index in [4.69, 9.17) is 14.5 Å². The number of hydrogen-bond donors (Lipinski definition) is 1. The molecule has 2 aromatic rings. The standard InChI is InChI=1S/C23H32N6O4/c1-15-14-32-11-10-29(15)22-25-20(17-4-7-18(13-30)24-12-17)26-23(27-22)33-19-8-5-16(6-9-19)21(31)28(2)3/h4,7,12,15-16,19,30H,5-6,8-11,13-14H2,1-3H3/p+1/t15-,16?,19?/m0/s1. The quantitative estimate of drug-likeness (QED) is 0.686. The second-order valence-corrected chi connectivity index (χ2v) is 8.94. The van der Waals surface area contributed by atoms with Crippen LogP contribution >= 0.6 is 0 Å². The lowest BCUT2D eigenvalue weighted by molar-refractivity contribution is -0.394. The van der Waals surface area contributed by atoms with Gasteiger partial charge in [0, 0.05) is 26.2 Å². The number of carbonyl (C=O) groups excluding carboxylic acids is 1. The van der Waals surface area contributed by atoms with Gasteiger partial charge in [0.25, 0.3) is 5.82 Å². The van der Waals surface area contributed by atoms with Gasteiger partial charge in [-0.1, -0.05) is 9.97 Å². The molecule has 0 bridgehead atoms. The van der Waals surface area contributed by atoms with Crippen LogP contribution in [-0.4, -0.2) is 76.9 Å². The maximum absolute atomic E-state index is 12.3. The minimum atomic E-state index is -0.117. The summed E-state index contributed by atoms with van der Waals surface area (Å²) in [6.45, 7) is 3.95. The number of aromatic amines is 1. The molecule has 10 nitrogen and oxygen atoms in total. The summed E-state index contributed by atoms with van der Waals surface area (Å²) in [5.74, 6) is 1.43. The molecule has 2 aliphatic rings. The molecular weight excluding hydrogens is 424 g/mol. The fourth-order valence-corrected chi connectivity index (χ4v) is 4.34. The van der Waals surface area contributed by atoms with Gasteiger partial charge in [0.1, 0.15) is 6.10 Å². The van der Waals surface area contributed by atoms with Gasteiger partial charge in [-0.3, -0.25) is 14.7 Å². The van der Waals surface area contributed by atoms with Crippen molar-refractivity contribution in [1.29, 1.82) is 0 Å². The fourth-order valence-electron chi connectivity index (χ4n) is 4.34. The summed E-state index contributed by atoms with van der Waals surface area (Å²) < 4.78 is 11.8. The molecule has 1 aliphatic carbocycles. The Morgan fingerprint density at radius 2 is 2.06 bits per heavy atom. The highest BCUT2D eigenvalue weighted by Crippen LogP contribution is 2.28. The minimum Gasteiger partial charge on any atom is -0.444 e. The Labute approximate surface area is 194 Å². The first-order valence-electron chi connectivity index (χ1n) is 11.5. The average molecular weight is 458 g/mol. The highest BCUT2D eigenvalue weighted by atomic mass is 16.5. The van der Waals surface area contributed by atoms with Gasteiger partial charge in [-0.2, -0.15) is 0 Å². The summed E-state index contributed by atoms with van der Waals surface area (Å²) in [6, 6.07) is 4.17. The lowest BCUT2D eigenvalue weighted by atomic mass is 9.86. The lowest BCUT2D eigenvalue weighted by Gasteiger charge is -2.30. The number of aliphatic hydroxyl groups excluding tert-OH is 1. The van der Waals surface area contributed by atoms with E-state index in [2.05, 4.69) is 26.8 Å². The van der Waals surface area contributed by atoms with E-state index in [1.807, 2.05) is 6.07 Å². The number of morpholine rings is 1. The van der Waals surface area contributed by atoms with E-state index in [0.717, 1.165) is 31.2 Å². The number of H-pyrrole nitrogens is 1. The van der Waals surface area contributed by atoms with E-state index >= 15 is 0 Å². The highest BCUT2D eigenvalue weighted by molar-refractivity contribution is 5.78. The molecule has 1 amide bonds. The van der Waals surface area contributed by atoms with E-state index in [1.54, 1.807) is 31.3 Å². The number of aromatic nitrogens is 4.